The maximum atomic E-state index is 9.46. The van der Waals surface area contributed by atoms with Crippen LogP contribution in [-0.4, -0.2) is 4.57 Å². The minimum absolute atomic E-state index is 0.405. The molecule has 0 fully saturated rings. The zero-order chi connectivity index (χ0) is 18.1. The summed E-state index contributed by atoms with van der Waals surface area (Å²) in [6, 6.07) is 28.2. The molecule has 1 aromatic heterocycles. The molecule has 3 nitrogen and oxygen atoms in total. The average molecular weight is 333 g/mol. The minimum atomic E-state index is 0.405. The number of nitrogens with zero attached hydrogens (tertiary/aromatic N) is 3. The lowest BCUT2D eigenvalue weighted by Gasteiger charge is -2.08. The summed E-state index contributed by atoms with van der Waals surface area (Å²) < 4.78 is 2.15. The van der Waals surface area contributed by atoms with Crippen molar-refractivity contribution in [3.05, 3.63) is 83.9 Å². The second-order valence-corrected chi connectivity index (χ2v) is 6.16. The third-order valence-corrected chi connectivity index (χ3v) is 4.67. The summed E-state index contributed by atoms with van der Waals surface area (Å²) in [5.41, 5.74) is 5.05. The summed E-state index contributed by atoms with van der Waals surface area (Å²) in [6.07, 6.45) is 0. The van der Waals surface area contributed by atoms with Crippen molar-refractivity contribution < 1.29 is 0 Å². The van der Waals surface area contributed by atoms with E-state index in [1.165, 1.54) is 0 Å². The van der Waals surface area contributed by atoms with Crippen LogP contribution in [0.15, 0.2) is 72.8 Å². The molecule has 0 saturated carbocycles. The first kappa shape index (κ1) is 15.7. The fraction of sp³-hybridized carbons (Fsp3) is 0.0435. The molecule has 0 aliphatic carbocycles. The van der Waals surface area contributed by atoms with Gasteiger partial charge in [0.25, 0.3) is 0 Å². The van der Waals surface area contributed by atoms with E-state index in [0.717, 1.165) is 33.3 Å². The Morgan fingerprint density at radius 3 is 1.38 bits per heavy atom. The van der Waals surface area contributed by atoms with E-state index in [1.54, 1.807) is 0 Å². The Labute approximate surface area is 152 Å². The molecule has 0 spiro atoms. The predicted molar refractivity (Wildman–Crippen MR) is 103 cm³/mol. The molecule has 0 aliphatic heterocycles. The molecule has 4 aromatic rings. The van der Waals surface area contributed by atoms with Crippen molar-refractivity contribution >= 4 is 10.8 Å². The van der Waals surface area contributed by atoms with Gasteiger partial charge in [-0.25, -0.2) is 0 Å². The molecular weight excluding hydrogens is 318 g/mol. The van der Waals surface area contributed by atoms with Crippen LogP contribution in [0.5, 0.6) is 0 Å². The third-order valence-electron chi connectivity index (χ3n) is 4.67. The Hall–Kier alpha value is -3.82. The van der Waals surface area contributed by atoms with E-state index in [1.807, 2.05) is 55.6 Å². The van der Waals surface area contributed by atoms with Gasteiger partial charge in [0.05, 0.1) is 22.5 Å². The van der Waals surface area contributed by atoms with Crippen molar-refractivity contribution in [1.29, 1.82) is 10.5 Å². The molecule has 0 saturated heterocycles. The van der Waals surface area contributed by atoms with Crippen LogP contribution in [0.4, 0.5) is 0 Å². The Morgan fingerprint density at radius 2 is 1.04 bits per heavy atom. The van der Waals surface area contributed by atoms with Crippen LogP contribution >= 0.6 is 0 Å². The van der Waals surface area contributed by atoms with Crippen molar-refractivity contribution in [2.24, 2.45) is 7.05 Å². The van der Waals surface area contributed by atoms with Gasteiger partial charge in [-0.15, -0.1) is 0 Å². The molecule has 3 heteroatoms. The number of hydrogen-bond donors (Lipinski definition) is 0. The Kier molecular flexibility index (Phi) is 3.77. The van der Waals surface area contributed by atoms with Gasteiger partial charge in [0.2, 0.25) is 0 Å². The maximum Gasteiger partial charge on any atom is 0.101 e. The molecule has 0 N–H and O–H groups in total. The van der Waals surface area contributed by atoms with Gasteiger partial charge in [0.1, 0.15) is 12.1 Å². The van der Waals surface area contributed by atoms with Crippen molar-refractivity contribution in [1.82, 2.24) is 4.57 Å². The molecule has 26 heavy (non-hydrogen) atoms. The highest BCUT2D eigenvalue weighted by molar-refractivity contribution is 6.06. The Morgan fingerprint density at radius 1 is 0.654 bits per heavy atom. The maximum absolute atomic E-state index is 9.46. The van der Waals surface area contributed by atoms with Gasteiger partial charge in [-0.1, -0.05) is 60.7 Å². The second-order valence-electron chi connectivity index (χ2n) is 6.16. The Balaban J connectivity index is 2.17. The van der Waals surface area contributed by atoms with E-state index >= 15 is 0 Å². The zero-order valence-corrected chi connectivity index (χ0v) is 14.3. The third kappa shape index (κ3) is 2.35. The zero-order valence-electron chi connectivity index (χ0n) is 14.3. The van der Waals surface area contributed by atoms with Gasteiger partial charge < -0.3 is 4.57 Å². The quantitative estimate of drug-likeness (QED) is 0.503. The summed E-state index contributed by atoms with van der Waals surface area (Å²) in [5, 5.41) is 20.9. The van der Waals surface area contributed by atoms with E-state index in [-0.39, 0.29) is 0 Å². The molecule has 0 unspecified atom stereocenters. The Bertz CT molecular complexity index is 1090. The monoisotopic (exact) mass is 333 g/mol. The summed E-state index contributed by atoms with van der Waals surface area (Å²) in [4.78, 5) is 0. The molecule has 0 radical (unpaired) electrons. The van der Waals surface area contributed by atoms with Crippen molar-refractivity contribution in [2.45, 2.75) is 0 Å². The molecule has 122 valence electrons. The van der Waals surface area contributed by atoms with Crippen LogP contribution in [0.1, 0.15) is 11.1 Å². The molecule has 4 rings (SSSR count). The lowest BCUT2D eigenvalue weighted by atomic mass is 9.99. The normalized spacial score (nSPS) is 10.4. The van der Waals surface area contributed by atoms with E-state index in [0.29, 0.717) is 11.1 Å². The van der Waals surface area contributed by atoms with Gasteiger partial charge >= 0.3 is 0 Å². The number of fused-ring (bicyclic) bond motifs is 1. The van der Waals surface area contributed by atoms with Crippen molar-refractivity contribution in [3.8, 4) is 34.7 Å². The number of aromatic nitrogens is 1. The molecule has 1 heterocycles. The van der Waals surface area contributed by atoms with Crippen LogP contribution in [0.2, 0.25) is 0 Å². The van der Waals surface area contributed by atoms with Gasteiger partial charge in [0.15, 0.2) is 0 Å². The molecular formula is C23H15N3. The van der Waals surface area contributed by atoms with Crippen molar-refractivity contribution in [3.63, 3.8) is 0 Å². The topological polar surface area (TPSA) is 52.5 Å². The first-order chi connectivity index (χ1) is 12.7. The second kappa shape index (κ2) is 6.24. The highest BCUT2D eigenvalue weighted by Gasteiger charge is 2.19. The van der Waals surface area contributed by atoms with E-state index in [2.05, 4.69) is 41.0 Å². The minimum Gasteiger partial charge on any atom is -0.343 e. The summed E-state index contributed by atoms with van der Waals surface area (Å²) in [5.74, 6) is 0. The number of hydrogen-bond acceptors (Lipinski definition) is 2. The smallest absolute Gasteiger partial charge is 0.101 e. The first-order valence-electron chi connectivity index (χ1n) is 8.32. The summed E-state index contributed by atoms with van der Waals surface area (Å²) in [7, 11) is 2.03. The van der Waals surface area contributed by atoms with Crippen LogP contribution in [0.3, 0.4) is 0 Å². The molecule has 0 aliphatic rings. The first-order valence-corrected chi connectivity index (χ1v) is 8.32. The van der Waals surface area contributed by atoms with Crippen LogP contribution in [0.25, 0.3) is 33.3 Å². The average Bonchev–Trinajstić information content (AvgIpc) is 2.98. The number of nitriles is 2. The number of benzene rings is 3. The van der Waals surface area contributed by atoms with Gasteiger partial charge in [-0.3, -0.25) is 0 Å². The molecule has 0 bridgehead atoms. The lowest BCUT2D eigenvalue weighted by molar-refractivity contribution is 0.951. The fourth-order valence-electron chi connectivity index (χ4n) is 3.54. The lowest BCUT2D eigenvalue weighted by Crippen LogP contribution is -1.94. The summed E-state index contributed by atoms with van der Waals surface area (Å²) in [6.45, 7) is 0. The van der Waals surface area contributed by atoms with E-state index in [4.69, 9.17) is 0 Å². The predicted octanol–water partition coefficient (Wildman–Crippen LogP) is 5.26. The van der Waals surface area contributed by atoms with Gasteiger partial charge in [-0.2, -0.15) is 10.5 Å². The van der Waals surface area contributed by atoms with Crippen molar-refractivity contribution in [2.75, 3.05) is 0 Å². The fourth-order valence-corrected chi connectivity index (χ4v) is 3.54. The van der Waals surface area contributed by atoms with Gasteiger partial charge in [-0.05, 0) is 23.3 Å². The van der Waals surface area contributed by atoms with Crippen LogP contribution < -0.4 is 0 Å². The molecule has 0 atom stereocenters. The SMILES string of the molecule is Cn1c(-c2ccccc2)c2cc(C#N)c(C#N)cc2c1-c1ccccc1. The molecule has 0 amide bonds. The van der Waals surface area contributed by atoms with E-state index < -0.39 is 0 Å². The van der Waals surface area contributed by atoms with Gasteiger partial charge in [0, 0.05) is 17.8 Å². The summed E-state index contributed by atoms with van der Waals surface area (Å²) >= 11 is 0. The van der Waals surface area contributed by atoms with Crippen LogP contribution in [-0.2, 0) is 7.05 Å². The highest BCUT2D eigenvalue weighted by Crippen LogP contribution is 2.39. The van der Waals surface area contributed by atoms with Crippen LogP contribution in [0, 0.1) is 22.7 Å². The van der Waals surface area contributed by atoms with E-state index in [9.17, 15) is 10.5 Å². The molecule has 3 aromatic carbocycles. The largest absolute Gasteiger partial charge is 0.343 e. The number of rotatable bonds is 2. The standard InChI is InChI=1S/C23H15N3/c1-26-22(16-8-4-2-5-9-16)20-12-18(14-24)19(15-25)13-21(20)23(26)17-10-6-3-7-11-17/h2-13H,1H3. The highest BCUT2D eigenvalue weighted by atomic mass is 15.0.